The zero-order valence-corrected chi connectivity index (χ0v) is 29.8. The van der Waals surface area contributed by atoms with Gasteiger partial charge < -0.3 is 0 Å². The largest absolute Gasteiger partial charge is 0.0714 e. The highest BCUT2D eigenvalue weighted by atomic mass is 14.5. The molecule has 0 atom stereocenters. The van der Waals surface area contributed by atoms with Gasteiger partial charge in [-0.25, -0.2) is 0 Å². The van der Waals surface area contributed by atoms with Crippen LogP contribution in [0.25, 0.3) is 54.2 Å². The van der Waals surface area contributed by atoms with Gasteiger partial charge in [0.1, 0.15) is 0 Å². The summed E-state index contributed by atoms with van der Waals surface area (Å²) in [5.41, 5.74) is 11.9. The molecule has 0 fully saturated rings. The first-order chi connectivity index (χ1) is 23.6. The monoisotopic (exact) mass is 632 g/mol. The number of benzene rings is 8. The lowest BCUT2D eigenvalue weighted by Crippen LogP contribution is -2.34. The van der Waals surface area contributed by atoms with E-state index in [1.165, 1.54) is 93.2 Å². The van der Waals surface area contributed by atoms with Crippen LogP contribution < -0.4 is 0 Å². The minimum absolute atomic E-state index is 0.0705. The van der Waals surface area contributed by atoms with E-state index in [1.54, 1.807) is 0 Å². The van der Waals surface area contributed by atoms with E-state index >= 15 is 0 Å². The van der Waals surface area contributed by atoms with Crippen molar-refractivity contribution in [3.05, 3.63) is 166 Å². The molecular weight excluding hydrogens is 589 g/mol. The zero-order chi connectivity index (χ0) is 33.8. The molecular formula is C49H44. The second-order valence-corrected chi connectivity index (χ2v) is 16.1. The lowest BCUT2D eigenvalue weighted by atomic mass is 9.58. The molecule has 1 aliphatic rings. The van der Waals surface area contributed by atoms with Gasteiger partial charge in [-0.2, -0.15) is 0 Å². The van der Waals surface area contributed by atoms with Gasteiger partial charge in [-0.15, -0.1) is 0 Å². The zero-order valence-electron chi connectivity index (χ0n) is 29.8. The van der Waals surface area contributed by atoms with Crippen molar-refractivity contribution in [1.82, 2.24) is 0 Å². The predicted octanol–water partition coefficient (Wildman–Crippen LogP) is 13.6. The molecule has 0 bridgehead atoms. The summed E-state index contributed by atoms with van der Waals surface area (Å²) < 4.78 is 0. The van der Waals surface area contributed by atoms with E-state index in [-0.39, 0.29) is 5.41 Å². The normalized spacial score (nSPS) is 14.1. The third-order valence-corrected chi connectivity index (χ3v) is 11.5. The van der Waals surface area contributed by atoms with Crippen LogP contribution in [-0.4, -0.2) is 0 Å². The van der Waals surface area contributed by atoms with Crippen LogP contribution in [0.1, 0.15) is 99.2 Å². The maximum atomic E-state index is 2.56. The fourth-order valence-electron chi connectivity index (χ4n) is 9.16. The highest BCUT2D eigenvalue weighted by Crippen LogP contribution is 2.59. The Kier molecular flexibility index (Phi) is 6.48. The van der Waals surface area contributed by atoms with Crippen molar-refractivity contribution in [3.63, 3.8) is 0 Å². The van der Waals surface area contributed by atoms with Crippen molar-refractivity contribution in [2.75, 3.05) is 0 Å². The van der Waals surface area contributed by atoms with Gasteiger partial charge in [0.05, 0.1) is 5.41 Å². The van der Waals surface area contributed by atoms with Crippen molar-refractivity contribution in [2.24, 2.45) is 0 Å². The Labute approximate surface area is 290 Å². The summed E-state index contributed by atoms with van der Waals surface area (Å²) in [7, 11) is 0. The van der Waals surface area contributed by atoms with E-state index in [1.807, 2.05) is 0 Å². The summed E-state index contributed by atoms with van der Waals surface area (Å²) >= 11 is 0. The minimum Gasteiger partial charge on any atom is -0.0622 e. The van der Waals surface area contributed by atoms with Crippen LogP contribution in [-0.2, 0) is 10.8 Å². The van der Waals surface area contributed by atoms with E-state index in [4.69, 9.17) is 0 Å². The quantitative estimate of drug-likeness (QED) is 0.169. The summed E-state index contributed by atoms with van der Waals surface area (Å²) in [6.07, 6.45) is 0. The molecule has 8 aromatic rings. The summed E-state index contributed by atoms with van der Waals surface area (Å²) in [6, 6.07) is 49.5. The van der Waals surface area contributed by atoms with E-state index in [0.29, 0.717) is 11.8 Å². The van der Waals surface area contributed by atoms with Crippen LogP contribution in [0.3, 0.4) is 0 Å². The topological polar surface area (TPSA) is 0 Å². The van der Waals surface area contributed by atoms with Crippen LogP contribution in [0.15, 0.2) is 127 Å². The third kappa shape index (κ3) is 4.16. The lowest BCUT2D eigenvalue weighted by molar-refractivity contribution is 0.591. The predicted molar refractivity (Wildman–Crippen MR) is 212 cm³/mol. The number of hydrogen-bond donors (Lipinski definition) is 0. The van der Waals surface area contributed by atoms with Gasteiger partial charge in [0.15, 0.2) is 0 Å². The molecule has 49 heavy (non-hydrogen) atoms. The van der Waals surface area contributed by atoms with Crippen LogP contribution in [0, 0.1) is 0 Å². The Hall–Kier alpha value is -4.94. The number of hydrogen-bond acceptors (Lipinski definition) is 0. The molecule has 8 aromatic carbocycles. The molecule has 0 heteroatoms. The maximum Gasteiger partial charge on any atom is 0.0714 e. The first-order valence-electron chi connectivity index (χ1n) is 18.1. The van der Waals surface area contributed by atoms with Gasteiger partial charge in [0.2, 0.25) is 0 Å². The molecule has 0 radical (unpaired) electrons. The van der Waals surface area contributed by atoms with Crippen molar-refractivity contribution in [3.8, 4) is 11.1 Å². The molecule has 0 heterocycles. The molecule has 0 saturated heterocycles. The Morgan fingerprint density at radius 2 is 1.04 bits per heavy atom. The fourth-order valence-corrected chi connectivity index (χ4v) is 9.16. The average molecular weight is 633 g/mol. The Balaban J connectivity index is 1.58. The first kappa shape index (κ1) is 30.1. The van der Waals surface area contributed by atoms with Gasteiger partial charge in [-0.05, 0) is 135 Å². The second-order valence-electron chi connectivity index (χ2n) is 16.1. The molecule has 0 spiro atoms. The van der Waals surface area contributed by atoms with Gasteiger partial charge >= 0.3 is 0 Å². The van der Waals surface area contributed by atoms with E-state index in [2.05, 4.69) is 176 Å². The van der Waals surface area contributed by atoms with E-state index in [9.17, 15) is 0 Å². The van der Waals surface area contributed by atoms with Crippen molar-refractivity contribution in [1.29, 1.82) is 0 Å². The van der Waals surface area contributed by atoms with Crippen molar-refractivity contribution < 1.29 is 0 Å². The Morgan fingerprint density at radius 1 is 0.449 bits per heavy atom. The standard InChI is InChI=1S/C49H44/c1-29(2)37-21-19-32-27-44-46-42(28-40(30(3)4)39-23-22-38(37)45(32)47(39)46)41-25-33-24-36(48(5,6)7)20-18-31(33)26-43(41)49(44,34-14-10-8-11-15-34)35-16-12-9-13-17-35/h8-30H,1-7H3. The smallest absolute Gasteiger partial charge is 0.0622 e. The molecule has 0 aromatic heterocycles. The highest BCUT2D eigenvalue weighted by Gasteiger charge is 2.45. The molecule has 240 valence electrons. The van der Waals surface area contributed by atoms with Crippen molar-refractivity contribution in [2.45, 2.75) is 71.1 Å². The molecule has 0 unspecified atom stereocenters. The Bertz CT molecular complexity index is 2520. The molecule has 0 nitrogen and oxygen atoms in total. The first-order valence-corrected chi connectivity index (χ1v) is 18.1. The second kappa shape index (κ2) is 10.5. The van der Waals surface area contributed by atoms with Crippen molar-refractivity contribution >= 4 is 43.1 Å². The number of rotatable bonds is 4. The molecule has 0 amide bonds. The Morgan fingerprint density at radius 3 is 1.65 bits per heavy atom. The van der Waals surface area contributed by atoms with E-state index < -0.39 is 5.41 Å². The SMILES string of the molecule is CC(C)c1ccc2cc3c4c(cc(C(C)C)c5ccc1c2c54)-c1cc2cc(C(C)(C)C)ccc2cc1C3(c1ccccc1)c1ccccc1. The molecule has 9 rings (SSSR count). The number of fused-ring (bicyclic) bond motifs is 3. The minimum atomic E-state index is -0.509. The van der Waals surface area contributed by atoms with Crippen LogP contribution >= 0.6 is 0 Å². The van der Waals surface area contributed by atoms with Gasteiger partial charge in [0, 0.05) is 0 Å². The van der Waals surface area contributed by atoms with Gasteiger partial charge in [0.25, 0.3) is 0 Å². The van der Waals surface area contributed by atoms with Crippen LogP contribution in [0.4, 0.5) is 0 Å². The van der Waals surface area contributed by atoms with Gasteiger partial charge in [-0.1, -0.05) is 152 Å². The summed E-state index contributed by atoms with van der Waals surface area (Å²) in [4.78, 5) is 0. The van der Waals surface area contributed by atoms with E-state index in [0.717, 1.165) is 0 Å². The molecule has 0 N–H and O–H groups in total. The summed E-state index contributed by atoms with van der Waals surface area (Å²) in [6.45, 7) is 16.3. The maximum absolute atomic E-state index is 2.56. The highest BCUT2D eigenvalue weighted by molar-refractivity contribution is 6.29. The fraction of sp³-hybridized carbons (Fsp3) is 0.224. The molecule has 0 saturated carbocycles. The lowest BCUT2D eigenvalue weighted by Gasteiger charge is -2.43. The summed E-state index contributed by atoms with van der Waals surface area (Å²) in [5.74, 6) is 0.831. The summed E-state index contributed by atoms with van der Waals surface area (Å²) in [5, 5.41) is 11.0. The van der Waals surface area contributed by atoms with Crippen LogP contribution in [0.5, 0.6) is 0 Å². The average Bonchev–Trinajstić information content (AvgIpc) is 3.10. The molecule has 0 aliphatic heterocycles. The third-order valence-electron chi connectivity index (χ3n) is 11.5. The van der Waals surface area contributed by atoms with Gasteiger partial charge in [-0.3, -0.25) is 0 Å². The van der Waals surface area contributed by atoms with Crippen LogP contribution in [0.2, 0.25) is 0 Å². The molecule has 1 aliphatic carbocycles.